The van der Waals surface area contributed by atoms with E-state index in [1.54, 1.807) is 18.3 Å². The van der Waals surface area contributed by atoms with Gasteiger partial charge < -0.3 is 14.2 Å². The summed E-state index contributed by atoms with van der Waals surface area (Å²) in [5, 5.41) is 3.99. The van der Waals surface area contributed by atoms with Crippen molar-refractivity contribution in [1.29, 1.82) is 0 Å². The summed E-state index contributed by atoms with van der Waals surface area (Å²) in [6, 6.07) is 12.8. The average molecular weight is 356 g/mol. The van der Waals surface area contributed by atoms with Gasteiger partial charge in [-0.3, -0.25) is 4.79 Å². The molecule has 0 saturated heterocycles. The first-order chi connectivity index (χ1) is 12.7. The molecule has 0 aliphatic carbocycles. The maximum atomic E-state index is 12.4. The fourth-order valence-corrected chi connectivity index (χ4v) is 2.29. The van der Waals surface area contributed by atoms with E-state index in [-0.39, 0.29) is 5.91 Å². The molecule has 0 bridgehead atoms. The number of ether oxygens (including phenoxy) is 3. The Bertz CT molecular complexity index is 718. The quantitative estimate of drug-likeness (QED) is 0.550. The van der Waals surface area contributed by atoms with Gasteiger partial charge in [-0.15, -0.1) is 0 Å². The fourth-order valence-electron chi connectivity index (χ4n) is 2.29. The summed E-state index contributed by atoms with van der Waals surface area (Å²) in [6.45, 7) is 6.98. The van der Waals surface area contributed by atoms with Crippen LogP contribution in [0, 0.1) is 0 Å². The summed E-state index contributed by atoms with van der Waals surface area (Å²) in [5.74, 6) is 1.08. The van der Waals surface area contributed by atoms with Crippen molar-refractivity contribution in [2.75, 3.05) is 19.8 Å². The number of carbonyl (C=O) groups excluding carboxylic acids is 1. The molecular weight excluding hydrogens is 332 g/mol. The first-order valence-corrected chi connectivity index (χ1v) is 8.64. The Morgan fingerprint density at radius 3 is 2.08 bits per heavy atom. The van der Waals surface area contributed by atoms with Crippen molar-refractivity contribution in [3.8, 4) is 17.2 Å². The number of carbonyl (C=O) groups is 1. The summed E-state index contributed by atoms with van der Waals surface area (Å²) in [7, 11) is 0. The molecule has 138 valence electrons. The molecule has 26 heavy (non-hydrogen) atoms. The molecule has 0 unspecified atom stereocenters. The summed E-state index contributed by atoms with van der Waals surface area (Å²) in [4.78, 5) is 12.4. The molecule has 0 spiro atoms. The third-order valence-corrected chi connectivity index (χ3v) is 3.35. The van der Waals surface area contributed by atoms with Gasteiger partial charge in [-0.1, -0.05) is 30.3 Å². The Hall–Kier alpha value is -3.02. The molecule has 0 aliphatic rings. The van der Waals surface area contributed by atoms with E-state index in [0.717, 1.165) is 5.56 Å². The SMILES string of the molecule is CCOc1cc(C(=O)NN=Cc2ccccc2)cc(OCC)c1OCC. The highest BCUT2D eigenvalue weighted by molar-refractivity contribution is 5.96. The van der Waals surface area contributed by atoms with Crippen molar-refractivity contribution in [2.24, 2.45) is 5.10 Å². The largest absolute Gasteiger partial charge is 0.490 e. The first-order valence-electron chi connectivity index (χ1n) is 8.64. The molecule has 2 rings (SSSR count). The van der Waals surface area contributed by atoms with Gasteiger partial charge in [0.05, 0.1) is 26.0 Å². The Morgan fingerprint density at radius 1 is 0.962 bits per heavy atom. The Labute approximate surface area is 153 Å². The van der Waals surface area contributed by atoms with Gasteiger partial charge in [0, 0.05) is 5.56 Å². The van der Waals surface area contributed by atoms with Gasteiger partial charge in [-0.25, -0.2) is 5.43 Å². The Kier molecular flexibility index (Phi) is 7.49. The van der Waals surface area contributed by atoms with Gasteiger partial charge in [0.2, 0.25) is 5.75 Å². The second kappa shape index (κ2) is 10.1. The van der Waals surface area contributed by atoms with Crippen LogP contribution in [0.15, 0.2) is 47.6 Å². The maximum Gasteiger partial charge on any atom is 0.271 e. The monoisotopic (exact) mass is 356 g/mol. The molecule has 1 N–H and O–H groups in total. The topological polar surface area (TPSA) is 69.2 Å². The van der Waals surface area contributed by atoms with Crippen molar-refractivity contribution >= 4 is 12.1 Å². The van der Waals surface area contributed by atoms with Crippen LogP contribution in [-0.4, -0.2) is 31.9 Å². The van der Waals surface area contributed by atoms with Crippen molar-refractivity contribution in [2.45, 2.75) is 20.8 Å². The van der Waals surface area contributed by atoms with Gasteiger partial charge in [0.15, 0.2) is 11.5 Å². The number of amides is 1. The minimum atomic E-state index is -0.359. The Morgan fingerprint density at radius 2 is 1.54 bits per heavy atom. The minimum Gasteiger partial charge on any atom is -0.490 e. The standard InChI is InChI=1S/C20H24N2O4/c1-4-24-17-12-16(13-18(25-5-2)19(17)26-6-3)20(23)22-21-14-15-10-8-7-9-11-15/h7-14H,4-6H2,1-3H3,(H,22,23). The van der Waals surface area contributed by atoms with Crippen molar-refractivity contribution in [3.05, 3.63) is 53.6 Å². The molecule has 2 aromatic carbocycles. The number of benzene rings is 2. The normalized spacial score (nSPS) is 10.6. The highest BCUT2D eigenvalue weighted by atomic mass is 16.5. The van der Waals surface area contributed by atoms with Gasteiger partial charge in [-0.05, 0) is 38.5 Å². The lowest BCUT2D eigenvalue weighted by molar-refractivity contribution is 0.0954. The summed E-state index contributed by atoms with van der Waals surface area (Å²) in [5.41, 5.74) is 3.79. The van der Waals surface area contributed by atoms with E-state index in [1.165, 1.54) is 0 Å². The van der Waals surface area contributed by atoms with Crippen LogP contribution in [0.25, 0.3) is 0 Å². The predicted molar refractivity (Wildman–Crippen MR) is 101 cm³/mol. The Balaban J connectivity index is 2.23. The van der Waals surface area contributed by atoms with Crippen LogP contribution in [-0.2, 0) is 0 Å². The molecule has 0 radical (unpaired) electrons. The fraction of sp³-hybridized carbons (Fsp3) is 0.300. The van der Waals surface area contributed by atoms with Crippen LogP contribution in [0.3, 0.4) is 0 Å². The summed E-state index contributed by atoms with van der Waals surface area (Å²) in [6.07, 6.45) is 1.58. The third kappa shape index (κ3) is 5.24. The van der Waals surface area contributed by atoms with Gasteiger partial charge in [0.25, 0.3) is 5.91 Å². The average Bonchev–Trinajstić information content (AvgIpc) is 2.65. The number of nitrogens with zero attached hydrogens (tertiary/aromatic N) is 1. The van der Waals surface area contributed by atoms with Gasteiger partial charge in [0.1, 0.15) is 0 Å². The molecule has 1 amide bonds. The van der Waals surface area contributed by atoms with E-state index in [2.05, 4.69) is 10.5 Å². The van der Waals surface area contributed by atoms with Crippen molar-refractivity contribution < 1.29 is 19.0 Å². The number of hydrazone groups is 1. The molecule has 0 fully saturated rings. The lowest BCUT2D eigenvalue weighted by Gasteiger charge is -2.16. The number of nitrogens with one attached hydrogen (secondary N) is 1. The predicted octanol–water partition coefficient (Wildman–Crippen LogP) is 3.65. The van der Waals surface area contributed by atoms with Crippen LogP contribution >= 0.6 is 0 Å². The van der Waals surface area contributed by atoms with Crippen LogP contribution in [0.4, 0.5) is 0 Å². The lowest BCUT2D eigenvalue weighted by Crippen LogP contribution is -2.18. The molecule has 0 aromatic heterocycles. The molecule has 0 heterocycles. The van der Waals surface area contributed by atoms with Crippen molar-refractivity contribution in [1.82, 2.24) is 5.43 Å². The molecule has 0 aliphatic heterocycles. The first kappa shape index (κ1) is 19.3. The number of hydrogen-bond donors (Lipinski definition) is 1. The van der Waals surface area contributed by atoms with Crippen molar-refractivity contribution in [3.63, 3.8) is 0 Å². The zero-order valence-electron chi connectivity index (χ0n) is 15.3. The highest BCUT2D eigenvalue weighted by Gasteiger charge is 2.18. The molecule has 0 atom stereocenters. The maximum absolute atomic E-state index is 12.4. The third-order valence-electron chi connectivity index (χ3n) is 3.35. The van der Waals surface area contributed by atoms with E-state index in [1.807, 2.05) is 51.1 Å². The van der Waals surface area contributed by atoms with E-state index in [0.29, 0.717) is 42.6 Å². The van der Waals surface area contributed by atoms with Gasteiger partial charge >= 0.3 is 0 Å². The van der Waals surface area contributed by atoms with Crippen LogP contribution in [0.1, 0.15) is 36.7 Å². The molecular formula is C20H24N2O4. The lowest BCUT2D eigenvalue weighted by atomic mass is 10.1. The highest BCUT2D eigenvalue weighted by Crippen LogP contribution is 2.39. The second-order valence-corrected chi connectivity index (χ2v) is 5.21. The molecule has 6 heteroatoms. The zero-order chi connectivity index (χ0) is 18.8. The van der Waals surface area contributed by atoms with Gasteiger partial charge in [-0.2, -0.15) is 5.10 Å². The van der Waals surface area contributed by atoms with Crippen LogP contribution < -0.4 is 19.6 Å². The van der Waals surface area contributed by atoms with E-state index < -0.39 is 0 Å². The smallest absolute Gasteiger partial charge is 0.271 e. The van der Waals surface area contributed by atoms with Crippen LogP contribution in [0.5, 0.6) is 17.2 Å². The van der Waals surface area contributed by atoms with E-state index in [4.69, 9.17) is 14.2 Å². The molecule has 0 saturated carbocycles. The van der Waals surface area contributed by atoms with E-state index >= 15 is 0 Å². The number of hydrogen-bond acceptors (Lipinski definition) is 5. The summed E-state index contributed by atoms with van der Waals surface area (Å²) >= 11 is 0. The molecule has 2 aromatic rings. The minimum absolute atomic E-state index is 0.359. The summed E-state index contributed by atoms with van der Waals surface area (Å²) < 4.78 is 16.9. The van der Waals surface area contributed by atoms with Crippen LogP contribution in [0.2, 0.25) is 0 Å². The van der Waals surface area contributed by atoms with E-state index in [9.17, 15) is 4.79 Å². The second-order valence-electron chi connectivity index (χ2n) is 5.21. The zero-order valence-corrected chi connectivity index (χ0v) is 15.3. The number of rotatable bonds is 9. The molecule has 6 nitrogen and oxygen atoms in total.